The van der Waals surface area contributed by atoms with Crippen molar-refractivity contribution >= 4 is 27.5 Å². The molecule has 1 atom stereocenters. The van der Waals surface area contributed by atoms with Crippen molar-refractivity contribution < 1.29 is 27.8 Å². The Hall–Kier alpha value is -1.80. The van der Waals surface area contributed by atoms with Crippen LogP contribution in [0.3, 0.4) is 0 Å². The molecule has 0 aliphatic carbocycles. The molecule has 2 aromatic rings. The van der Waals surface area contributed by atoms with E-state index in [1.54, 1.807) is 27.7 Å². The molecule has 4 nitrogen and oxygen atoms in total. The number of alkyl halides is 3. The van der Waals surface area contributed by atoms with Gasteiger partial charge in [-0.1, -0.05) is 6.07 Å². The molecule has 0 fully saturated rings. The summed E-state index contributed by atoms with van der Waals surface area (Å²) in [6.45, 7) is 8.68. The summed E-state index contributed by atoms with van der Waals surface area (Å²) in [5, 5.41) is 13.3. The highest BCUT2D eigenvalue weighted by Gasteiger charge is 2.31. The quantitative estimate of drug-likeness (QED) is 0.605. The zero-order chi connectivity index (χ0) is 22.0. The molecule has 1 heterocycles. The smallest absolute Gasteiger partial charge is 0.416 e. The molecule has 0 aliphatic rings. The number of halogens is 3. The Bertz CT molecular complexity index is 870. The van der Waals surface area contributed by atoms with Gasteiger partial charge in [0.2, 0.25) is 0 Å². The Labute approximate surface area is 173 Å². The maximum atomic E-state index is 12.9. The fourth-order valence-corrected chi connectivity index (χ4v) is 4.30. The first-order chi connectivity index (χ1) is 13.2. The van der Waals surface area contributed by atoms with Crippen molar-refractivity contribution in [2.24, 2.45) is 0 Å². The second-order valence-corrected chi connectivity index (χ2v) is 9.80. The lowest BCUT2D eigenvalue weighted by Crippen LogP contribution is -2.50. The lowest BCUT2D eigenvalue weighted by molar-refractivity contribution is -0.137. The summed E-state index contributed by atoms with van der Waals surface area (Å²) >= 11 is 1.35. The van der Waals surface area contributed by atoms with Crippen LogP contribution in [0.15, 0.2) is 18.2 Å². The number of hydrogen-bond acceptors (Lipinski definition) is 4. The highest BCUT2D eigenvalue weighted by molar-refractivity contribution is 7.19. The van der Waals surface area contributed by atoms with Gasteiger partial charge in [-0.05, 0) is 77.0 Å². The van der Waals surface area contributed by atoms with Crippen molar-refractivity contribution in [1.29, 1.82) is 0 Å². The van der Waals surface area contributed by atoms with Crippen LogP contribution in [0.1, 0.15) is 56.5 Å². The third-order valence-electron chi connectivity index (χ3n) is 4.63. The lowest BCUT2D eigenvalue weighted by atomic mass is 9.93. The molecule has 0 radical (unpaired) electrons. The molecule has 29 heavy (non-hydrogen) atoms. The van der Waals surface area contributed by atoms with Gasteiger partial charge >= 0.3 is 12.3 Å². The van der Waals surface area contributed by atoms with Crippen LogP contribution in [0.25, 0.3) is 10.1 Å². The van der Waals surface area contributed by atoms with E-state index in [9.17, 15) is 23.1 Å². The third kappa shape index (κ3) is 6.34. The number of aliphatic hydroxyl groups is 1. The second kappa shape index (κ2) is 8.52. The van der Waals surface area contributed by atoms with E-state index in [-0.39, 0.29) is 6.61 Å². The SMILES string of the molecule is Cc1sc2cc(C(F)(F)F)ccc2c1CCC[C@](C)(CO)NC(=O)OC(C)(C)C. The van der Waals surface area contributed by atoms with Crippen LogP contribution in [0.5, 0.6) is 0 Å². The molecule has 0 unspecified atom stereocenters. The first-order valence-electron chi connectivity index (χ1n) is 9.45. The number of fused-ring (bicyclic) bond motifs is 1. The largest absolute Gasteiger partial charge is 0.444 e. The van der Waals surface area contributed by atoms with Crippen LogP contribution in [-0.2, 0) is 17.3 Å². The minimum atomic E-state index is -4.36. The molecule has 0 saturated heterocycles. The number of ether oxygens (including phenoxy) is 1. The summed E-state index contributed by atoms with van der Waals surface area (Å²) < 4.78 is 44.7. The second-order valence-electron chi connectivity index (χ2n) is 8.54. The minimum Gasteiger partial charge on any atom is -0.444 e. The Balaban J connectivity index is 2.07. The number of rotatable bonds is 6. The van der Waals surface area contributed by atoms with Crippen LogP contribution in [0.2, 0.25) is 0 Å². The van der Waals surface area contributed by atoms with Crippen LogP contribution < -0.4 is 5.32 Å². The van der Waals surface area contributed by atoms with Crippen molar-refractivity contribution in [3.8, 4) is 0 Å². The fraction of sp³-hybridized carbons (Fsp3) is 0.571. The van der Waals surface area contributed by atoms with Crippen LogP contribution in [-0.4, -0.2) is 28.9 Å². The van der Waals surface area contributed by atoms with E-state index in [0.29, 0.717) is 24.0 Å². The van der Waals surface area contributed by atoms with Crippen LogP contribution in [0, 0.1) is 6.92 Å². The number of carbonyl (C=O) groups is 1. The Morgan fingerprint density at radius 3 is 2.41 bits per heavy atom. The van der Waals surface area contributed by atoms with Gasteiger partial charge in [0.1, 0.15) is 5.60 Å². The predicted octanol–water partition coefficient (Wildman–Crippen LogP) is 5.83. The molecule has 0 saturated carbocycles. The molecule has 0 aliphatic heterocycles. The van der Waals surface area contributed by atoms with E-state index in [2.05, 4.69) is 5.32 Å². The zero-order valence-corrected chi connectivity index (χ0v) is 18.2. The number of aliphatic hydroxyl groups excluding tert-OH is 1. The van der Waals surface area contributed by atoms with Gasteiger partial charge in [-0.2, -0.15) is 13.2 Å². The molecular weight excluding hydrogens is 403 g/mol. The summed E-state index contributed by atoms with van der Waals surface area (Å²) in [4.78, 5) is 13.0. The van der Waals surface area contributed by atoms with Gasteiger partial charge in [0.05, 0.1) is 17.7 Å². The first kappa shape index (κ1) is 23.5. The zero-order valence-electron chi connectivity index (χ0n) is 17.4. The normalized spacial score (nSPS) is 14.7. The van der Waals surface area contributed by atoms with Gasteiger partial charge in [0.15, 0.2) is 0 Å². The number of hydrogen-bond donors (Lipinski definition) is 2. The monoisotopic (exact) mass is 431 g/mol. The van der Waals surface area contributed by atoms with Gasteiger partial charge in [-0.25, -0.2) is 4.79 Å². The highest BCUT2D eigenvalue weighted by Crippen LogP contribution is 2.37. The number of nitrogens with one attached hydrogen (secondary N) is 1. The Morgan fingerprint density at radius 2 is 1.86 bits per heavy atom. The molecule has 0 spiro atoms. The number of amides is 1. The van der Waals surface area contributed by atoms with E-state index in [1.807, 2.05) is 6.92 Å². The van der Waals surface area contributed by atoms with Gasteiger partial charge < -0.3 is 15.2 Å². The van der Waals surface area contributed by atoms with Gasteiger partial charge in [0.25, 0.3) is 0 Å². The molecular formula is C21H28F3NO3S. The van der Waals surface area contributed by atoms with E-state index in [4.69, 9.17) is 4.74 Å². The summed E-state index contributed by atoms with van der Waals surface area (Å²) in [7, 11) is 0. The lowest BCUT2D eigenvalue weighted by Gasteiger charge is -2.30. The molecule has 8 heteroatoms. The molecule has 1 aromatic carbocycles. The maximum absolute atomic E-state index is 12.9. The minimum absolute atomic E-state index is 0.245. The van der Waals surface area contributed by atoms with E-state index < -0.39 is 29.0 Å². The molecule has 2 N–H and O–H groups in total. The van der Waals surface area contributed by atoms with Crippen LogP contribution in [0.4, 0.5) is 18.0 Å². The van der Waals surface area contributed by atoms with Gasteiger partial charge in [0, 0.05) is 9.58 Å². The van der Waals surface area contributed by atoms with Crippen molar-refractivity contribution in [3.63, 3.8) is 0 Å². The summed E-state index contributed by atoms with van der Waals surface area (Å²) in [6.07, 6.45) is -3.16. The van der Waals surface area contributed by atoms with Crippen molar-refractivity contribution in [1.82, 2.24) is 5.32 Å². The number of alkyl carbamates (subject to hydrolysis) is 1. The van der Waals surface area contributed by atoms with E-state index in [0.717, 1.165) is 21.9 Å². The molecule has 2 rings (SSSR count). The van der Waals surface area contributed by atoms with Crippen LogP contribution >= 0.6 is 11.3 Å². The highest BCUT2D eigenvalue weighted by atomic mass is 32.1. The topological polar surface area (TPSA) is 58.6 Å². The number of benzene rings is 1. The summed E-state index contributed by atoms with van der Waals surface area (Å²) in [5.41, 5.74) is -1.11. The van der Waals surface area contributed by atoms with Crippen molar-refractivity contribution in [2.75, 3.05) is 6.61 Å². The molecule has 0 bridgehead atoms. The third-order valence-corrected chi connectivity index (χ3v) is 5.74. The average Bonchev–Trinajstić information content (AvgIpc) is 2.87. The van der Waals surface area contributed by atoms with Crippen molar-refractivity contribution in [2.45, 2.75) is 71.2 Å². The van der Waals surface area contributed by atoms with Gasteiger partial charge in [-0.15, -0.1) is 11.3 Å². The Kier molecular flexibility index (Phi) is 6.89. The maximum Gasteiger partial charge on any atom is 0.416 e. The molecule has 1 amide bonds. The number of thiophene rings is 1. The summed E-state index contributed by atoms with van der Waals surface area (Å²) in [6, 6.07) is 3.83. The van der Waals surface area contributed by atoms with E-state index >= 15 is 0 Å². The number of carbonyl (C=O) groups excluding carboxylic acids is 1. The average molecular weight is 432 g/mol. The summed E-state index contributed by atoms with van der Waals surface area (Å²) in [5.74, 6) is 0. The van der Waals surface area contributed by atoms with E-state index in [1.165, 1.54) is 23.5 Å². The molecule has 1 aromatic heterocycles. The molecule has 162 valence electrons. The van der Waals surface area contributed by atoms with Gasteiger partial charge in [-0.3, -0.25) is 0 Å². The predicted molar refractivity (Wildman–Crippen MR) is 109 cm³/mol. The fourth-order valence-electron chi connectivity index (χ4n) is 3.15. The Morgan fingerprint density at radius 1 is 1.21 bits per heavy atom. The first-order valence-corrected chi connectivity index (χ1v) is 10.3. The standard InChI is InChI=1S/C21H28F3NO3S/c1-13-15(16-9-8-14(21(22,23)24)11-17(16)29-13)7-6-10-20(5,12-26)25-18(27)28-19(2,3)4/h8-9,11,26H,6-7,10,12H2,1-5H3,(H,25,27)/t20-/m1/s1. The number of aryl methyl sites for hydroxylation is 2. The van der Waals surface area contributed by atoms with Crippen molar-refractivity contribution in [3.05, 3.63) is 34.2 Å².